The van der Waals surface area contributed by atoms with E-state index in [1.165, 1.54) is 43.4 Å². The monoisotopic (exact) mass is 827 g/mol. The van der Waals surface area contributed by atoms with E-state index in [0.29, 0.717) is 5.95 Å². The molecule has 65 heavy (non-hydrogen) atoms. The van der Waals surface area contributed by atoms with Gasteiger partial charge in [-0.2, -0.15) is 0 Å². The van der Waals surface area contributed by atoms with Gasteiger partial charge in [0.1, 0.15) is 0 Å². The lowest BCUT2D eigenvalue weighted by Crippen LogP contribution is -2.04. The highest BCUT2D eigenvalue weighted by Gasteiger charge is 2.23. The predicted octanol–water partition coefficient (Wildman–Crippen LogP) is 15.4. The first-order chi connectivity index (χ1) is 32.3. The lowest BCUT2D eigenvalue weighted by Gasteiger charge is -2.14. The third-order valence-electron chi connectivity index (χ3n) is 13.4. The fraction of sp³-hybridized carbons (Fsp3) is 0. The van der Waals surface area contributed by atoms with Gasteiger partial charge in [0.2, 0.25) is 5.95 Å². The van der Waals surface area contributed by atoms with Crippen molar-refractivity contribution in [3.63, 3.8) is 0 Å². The maximum absolute atomic E-state index is 5.53. The predicted molar refractivity (Wildman–Crippen MR) is 271 cm³/mol. The van der Waals surface area contributed by atoms with Crippen LogP contribution in [0.3, 0.4) is 0 Å². The zero-order chi connectivity index (χ0) is 42.6. The highest BCUT2D eigenvalue weighted by Crippen LogP contribution is 2.43. The first-order valence-electron chi connectivity index (χ1n) is 22.2. The van der Waals surface area contributed by atoms with Gasteiger partial charge in [-0.3, -0.25) is 4.57 Å². The molecule has 0 aliphatic rings. The summed E-state index contributed by atoms with van der Waals surface area (Å²) in [5, 5.41) is 11.9. The van der Waals surface area contributed by atoms with Crippen molar-refractivity contribution in [2.24, 2.45) is 0 Å². The molecule has 5 nitrogen and oxygen atoms in total. The van der Waals surface area contributed by atoms with E-state index in [9.17, 15) is 0 Å². The molecule has 0 saturated carbocycles. The van der Waals surface area contributed by atoms with Gasteiger partial charge in [-0.15, -0.1) is 0 Å². The lowest BCUT2D eigenvalue weighted by molar-refractivity contribution is 0.995. The zero-order valence-electron chi connectivity index (χ0n) is 35.1. The van der Waals surface area contributed by atoms with E-state index in [0.717, 1.165) is 77.5 Å². The molecule has 0 atom stereocenters. The van der Waals surface area contributed by atoms with Gasteiger partial charge in [0.15, 0.2) is 0 Å². The molecular weight excluding hydrogens is 791 g/mol. The van der Waals surface area contributed by atoms with Crippen molar-refractivity contribution in [2.75, 3.05) is 0 Å². The van der Waals surface area contributed by atoms with E-state index in [-0.39, 0.29) is 0 Å². The Balaban J connectivity index is 1.06. The third kappa shape index (κ3) is 5.27. The molecule has 10 aromatic carbocycles. The minimum Gasteiger partial charge on any atom is -0.309 e. The molecule has 0 spiro atoms. The van der Waals surface area contributed by atoms with Crippen LogP contribution in [-0.4, -0.2) is 23.7 Å². The van der Waals surface area contributed by atoms with E-state index in [4.69, 9.17) is 9.97 Å². The van der Waals surface area contributed by atoms with Gasteiger partial charge in [0, 0.05) is 54.8 Å². The number of rotatable bonds is 5. The van der Waals surface area contributed by atoms with E-state index in [2.05, 4.69) is 238 Å². The fourth-order valence-corrected chi connectivity index (χ4v) is 10.7. The standard InChI is InChI=1S/C60H37N5/c1-2-20-40(21-3-1)63-53-30-12-9-25-48(53)58-55(63)34-35-56-59(58)49-26-10-13-31-54(49)64(56)41-32-33-47-46-24-8-11-29-52(46)65(57(47)36-41)60-61-50(44-27-14-18-38-16-4-6-22-42(38)44)37-51(62-60)45-28-15-19-39-17-5-7-23-43(39)45/h1-37H. The Morgan fingerprint density at radius 2 is 0.708 bits per heavy atom. The van der Waals surface area contributed by atoms with Gasteiger partial charge in [-0.1, -0.05) is 164 Å². The summed E-state index contributed by atoms with van der Waals surface area (Å²) in [7, 11) is 0. The van der Waals surface area contributed by atoms with Crippen LogP contribution in [0.4, 0.5) is 0 Å². The Morgan fingerprint density at radius 1 is 0.262 bits per heavy atom. The molecule has 5 heteroatoms. The Morgan fingerprint density at radius 3 is 1.29 bits per heavy atom. The number of hydrogen-bond donors (Lipinski definition) is 0. The van der Waals surface area contributed by atoms with Crippen molar-refractivity contribution in [3.05, 3.63) is 224 Å². The van der Waals surface area contributed by atoms with Crippen LogP contribution in [0.25, 0.3) is 127 Å². The topological polar surface area (TPSA) is 40.6 Å². The van der Waals surface area contributed by atoms with Crippen LogP contribution in [-0.2, 0) is 0 Å². The average molecular weight is 828 g/mol. The molecule has 0 aliphatic heterocycles. The summed E-state index contributed by atoms with van der Waals surface area (Å²) >= 11 is 0. The Bertz CT molecular complexity index is 4140. The maximum Gasteiger partial charge on any atom is 0.235 e. The molecule has 0 amide bonds. The smallest absolute Gasteiger partial charge is 0.235 e. The van der Waals surface area contributed by atoms with E-state index >= 15 is 0 Å². The van der Waals surface area contributed by atoms with Gasteiger partial charge < -0.3 is 9.13 Å². The Kier molecular flexibility index (Phi) is 7.62. The Hall–Kier alpha value is -8.80. The number of fused-ring (bicyclic) bond motifs is 12. The summed E-state index contributed by atoms with van der Waals surface area (Å²) in [6.45, 7) is 0. The normalized spacial score (nSPS) is 12.0. The quantitative estimate of drug-likeness (QED) is 0.173. The number of para-hydroxylation sites is 4. The van der Waals surface area contributed by atoms with Gasteiger partial charge >= 0.3 is 0 Å². The largest absolute Gasteiger partial charge is 0.309 e. The fourth-order valence-electron chi connectivity index (χ4n) is 10.7. The number of nitrogens with zero attached hydrogens (tertiary/aromatic N) is 5. The van der Waals surface area contributed by atoms with E-state index in [1.807, 2.05) is 0 Å². The maximum atomic E-state index is 5.53. The van der Waals surface area contributed by atoms with Gasteiger partial charge in [-0.25, -0.2) is 9.97 Å². The molecule has 0 aliphatic carbocycles. The minimum atomic E-state index is 0.624. The van der Waals surface area contributed by atoms with Crippen molar-refractivity contribution in [1.82, 2.24) is 23.7 Å². The van der Waals surface area contributed by atoms with Gasteiger partial charge in [0.05, 0.1) is 44.5 Å². The zero-order valence-corrected chi connectivity index (χ0v) is 35.1. The second kappa shape index (κ2) is 13.9. The molecule has 0 bridgehead atoms. The summed E-state index contributed by atoms with van der Waals surface area (Å²) in [6.07, 6.45) is 0. The van der Waals surface area contributed by atoms with Crippen LogP contribution in [0.1, 0.15) is 0 Å². The van der Waals surface area contributed by atoms with Crippen molar-refractivity contribution >= 4 is 87.0 Å². The second-order valence-corrected chi connectivity index (χ2v) is 16.9. The first-order valence-corrected chi connectivity index (χ1v) is 22.2. The summed E-state index contributed by atoms with van der Waals surface area (Å²) in [5.74, 6) is 0.624. The SMILES string of the molecule is c1ccc(-n2c3ccccc3c3c4c5ccccc5n(-c5ccc6c7ccccc7n(-c7nc(-c8cccc9ccccc89)cc(-c8cccc9ccccc89)n7)c6c5)c4ccc32)cc1. The van der Waals surface area contributed by atoms with Crippen LogP contribution in [0.5, 0.6) is 0 Å². The van der Waals surface area contributed by atoms with Gasteiger partial charge in [-0.05, 0) is 82.2 Å². The van der Waals surface area contributed by atoms with Gasteiger partial charge in [0.25, 0.3) is 0 Å². The molecule has 0 radical (unpaired) electrons. The first kappa shape index (κ1) is 35.8. The van der Waals surface area contributed by atoms with Crippen LogP contribution in [0.2, 0.25) is 0 Å². The van der Waals surface area contributed by atoms with Crippen molar-refractivity contribution in [1.29, 1.82) is 0 Å². The molecule has 0 N–H and O–H groups in total. The van der Waals surface area contributed by atoms with Crippen molar-refractivity contribution in [2.45, 2.75) is 0 Å². The highest BCUT2D eigenvalue weighted by atomic mass is 15.2. The van der Waals surface area contributed by atoms with Crippen molar-refractivity contribution in [3.8, 4) is 39.8 Å². The van der Waals surface area contributed by atoms with Crippen LogP contribution >= 0.6 is 0 Å². The lowest BCUT2D eigenvalue weighted by atomic mass is 9.99. The summed E-state index contributed by atoms with van der Waals surface area (Å²) < 4.78 is 7.12. The summed E-state index contributed by atoms with van der Waals surface area (Å²) in [5.41, 5.74) is 12.9. The Labute approximate surface area is 373 Å². The molecule has 4 heterocycles. The third-order valence-corrected chi connectivity index (χ3v) is 13.4. The van der Waals surface area contributed by atoms with Crippen molar-refractivity contribution < 1.29 is 0 Å². The molecule has 4 aromatic heterocycles. The highest BCUT2D eigenvalue weighted by molar-refractivity contribution is 6.29. The van der Waals surface area contributed by atoms with Crippen LogP contribution in [0, 0.1) is 0 Å². The van der Waals surface area contributed by atoms with E-state index < -0.39 is 0 Å². The molecule has 0 fully saturated rings. The molecule has 14 aromatic rings. The molecule has 0 unspecified atom stereocenters. The molecular formula is C60H37N5. The van der Waals surface area contributed by atoms with Crippen LogP contribution < -0.4 is 0 Å². The average Bonchev–Trinajstić information content (AvgIpc) is 4.01. The summed E-state index contributed by atoms with van der Waals surface area (Å²) in [6, 6.07) is 80.8. The second-order valence-electron chi connectivity index (χ2n) is 16.9. The number of hydrogen-bond acceptors (Lipinski definition) is 2. The molecule has 0 saturated heterocycles. The number of aromatic nitrogens is 5. The van der Waals surface area contributed by atoms with Crippen LogP contribution in [0.15, 0.2) is 224 Å². The summed E-state index contributed by atoms with van der Waals surface area (Å²) in [4.78, 5) is 11.1. The minimum absolute atomic E-state index is 0.624. The molecule has 302 valence electrons. The van der Waals surface area contributed by atoms with E-state index in [1.54, 1.807) is 0 Å². The number of benzene rings is 10. The molecule has 14 rings (SSSR count).